The van der Waals surface area contributed by atoms with Gasteiger partial charge in [-0.25, -0.2) is 0 Å². The summed E-state index contributed by atoms with van der Waals surface area (Å²) in [6, 6.07) is 9.21. The van der Waals surface area contributed by atoms with Gasteiger partial charge in [0.1, 0.15) is 0 Å². The van der Waals surface area contributed by atoms with Crippen LogP contribution in [-0.4, -0.2) is 35.1 Å². The molecular weight excluding hydrogens is 368 g/mol. The topological polar surface area (TPSA) is 116 Å². The summed E-state index contributed by atoms with van der Waals surface area (Å²) in [7, 11) is 0. The summed E-state index contributed by atoms with van der Waals surface area (Å²) in [5, 5.41) is 14.7. The van der Waals surface area contributed by atoms with Gasteiger partial charge >= 0.3 is 5.97 Å². The SMILES string of the molecule is O=C(COC(=O)CSc1ccccc1[N+](=O)[O-])NC(=O)c1cccs1. The van der Waals surface area contributed by atoms with Crippen molar-refractivity contribution < 1.29 is 24.0 Å². The van der Waals surface area contributed by atoms with Crippen molar-refractivity contribution >= 4 is 46.6 Å². The highest BCUT2D eigenvalue weighted by Gasteiger charge is 2.16. The van der Waals surface area contributed by atoms with E-state index in [9.17, 15) is 24.5 Å². The number of carbonyl (C=O) groups excluding carboxylic acids is 3. The molecule has 1 N–H and O–H groups in total. The molecule has 2 amide bonds. The van der Waals surface area contributed by atoms with E-state index in [1.807, 2.05) is 0 Å². The van der Waals surface area contributed by atoms with Crippen molar-refractivity contribution in [2.24, 2.45) is 0 Å². The number of carbonyl (C=O) groups is 3. The number of nitro groups is 1. The fourth-order valence-corrected chi connectivity index (χ4v) is 3.13. The lowest BCUT2D eigenvalue weighted by atomic mass is 10.3. The minimum atomic E-state index is -0.748. The fourth-order valence-electron chi connectivity index (χ4n) is 1.69. The van der Waals surface area contributed by atoms with Crippen molar-refractivity contribution in [2.45, 2.75) is 4.90 Å². The Morgan fingerprint density at radius 1 is 1.20 bits per heavy atom. The second kappa shape index (κ2) is 8.94. The van der Waals surface area contributed by atoms with E-state index in [-0.39, 0.29) is 11.4 Å². The summed E-state index contributed by atoms with van der Waals surface area (Å²) in [4.78, 5) is 45.9. The Balaban J connectivity index is 1.76. The first kappa shape index (κ1) is 18.6. The Morgan fingerprint density at radius 2 is 1.96 bits per heavy atom. The smallest absolute Gasteiger partial charge is 0.316 e. The third-order valence-electron chi connectivity index (χ3n) is 2.77. The molecule has 0 aliphatic carbocycles. The number of hydrogen-bond acceptors (Lipinski definition) is 8. The monoisotopic (exact) mass is 380 g/mol. The Labute approximate surface area is 150 Å². The second-order valence-electron chi connectivity index (χ2n) is 4.53. The van der Waals surface area contributed by atoms with Crippen LogP contribution in [0.4, 0.5) is 5.69 Å². The van der Waals surface area contributed by atoms with Crippen molar-refractivity contribution in [2.75, 3.05) is 12.4 Å². The van der Waals surface area contributed by atoms with Gasteiger partial charge in [0.25, 0.3) is 17.5 Å². The van der Waals surface area contributed by atoms with Gasteiger partial charge in [0.15, 0.2) is 6.61 Å². The fraction of sp³-hybridized carbons (Fsp3) is 0.133. The van der Waals surface area contributed by atoms with Crippen molar-refractivity contribution in [3.8, 4) is 0 Å². The van der Waals surface area contributed by atoms with E-state index in [0.29, 0.717) is 9.77 Å². The third-order valence-corrected chi connectivity index (χ3v) is 4.67. The number of para-hydroxylation sites is 1. The number of ether oxygens (including phenoxy) is 1. The van der Waals surface area contributed by atoms with Crippen molar-refractivity contribution in [3.05, 3.63) is 56.8 Å². The van der Waals surface area contributed by atoms with Gasteiger partial charge in [0.2, 0.25) is 0 Å². The minimum absolute atomic E-state index is 0.111. The number of thioether (sulfide) groups is 1. The summed E-state index contributed by atoms with van der Waals surface area (Å²) in [6.07, 6.45) is 0. The Morgan fingerprint density at radius 3 is 2.64 bits per heavy atom. The van der Waals surface area contributed by atoms with E-state index in [2.05, 4.69) is 5.32 Å². The number of esters is 1. The van der Waals surface area contributed by atoms with Crippen LogP contribution in [0.25, 0.3) is 0 Å². The summed E-state index contributed by atoms with van der Waals surface area (Å²) in [6.45, 7) is -0.604. The Hall–Kier alpha value is -2.72. The molecule has 0 radical (unpaired) electrons. The average molecular weight is 380 g/mol. The molecule has 0 spiro atoms. The highest BCUT2D eigenvalue weighted by molar-refractivity contribution is 8.00. The molecule has 0 atom stereocenters. The van der Waals surface area contributed by atoms with Crippen molar-refractivity contribution in [1.82, 2.24) is 5.32 Å². The summed E-state index contributed by atoms with van der Waals surface area (Å²) in [5.74, 6) is -2.23. The lowest BCUT2D eigenvalue weighted by Gasteiger charge is -2.05. The van der Waals surface area contributed by atoms with Crippen LogP contribution in [-0.2, 0) is 14.3 Å². The Bertz CT molecular complexity index is 791. The predicted molar refractivity (Wildman–Crippen MR) is 91.6 cm³/mol. The lowest BCUT2D eigenvalue weighted by Crippen LogP contribution is -2.33. The number of rotatable bonds is 7. The molecule has 0 aliphatic rings. The molecule has 25 heavy (non-hydrogen) atoms. The first-order valence-corrected chi connectivity index (χ1v) is 8.73. The van der Waals surface area contributed by atoms with Gasteiger partial charge in [-0.05, 0) is 17.5 Å². The summed E-state index contributed by atoms with van der Waals surface area (Å²) in [5.41, 5.74) is -0.111. The maximum absolute atomic E-state index is 11.6. The highest BCUT2D eigenvalue weighted by Crippen LogP contribution is 2.28. The van der Waals surface area contributed by atoms with E-state index in [4.69, 9.17) is 4.74 Å². The maximum Gasteiger partial charge on any atom is 0.316 e. The molecule has 8 nitrogen and oxygen atoms in total. The van der Waals surface area contributed by atoms with Gasteiger partial charge in [-0.3, -0.25) is 29.8 Å². The van der Waals surface area contributed by atoms with Crippen LogP contribution in [0, 0.1) is 10.1 Å². The number of nitro benzene ring substituents is 1. The number of thiophene rings is 1. The van der Waals surface area contributed by atoms with E-state index < -0.39 is 29.3 Å². The lowest BCUT2D eigenvalue weighted by molar-refractivity contribution is -0.387. The third kappa shape index (κ3) is 5.69. The zero-order valence-electron chi connectivity index (χ0n) is 12.7. The highest BCUT2D eigenvalue weighted by atomic mass is 32.2. The molecule has 2 aromatic rings. The zero-order chi connectivity index (χ0) is 18.2. The van der Waals surface area contributed by atoms with Gasteiger partial charge in [0.05, 0.1) is 20.4 Å². The van der Waals surface area contributed by atoms with Gasteiger partial charge in [-0.15, -0.1) is 23.1 Å². The summed E-state index contributed by atoms with van der Waals surface area (Å²) >= 11 is 2.11. The number of nitrogens with one attached hydrogen (secondary N) is 1. The van der Waals surface area contributed by atoms with Crippen LogP contribution in [0.3, 0.4) is 0 Å². The van der Waals surface area contributed by atoms with E-state index >= 15 is 0 Å². The zero-order valence-corrected chi connectivity index (χ0v) is 14.3. The number of amides is 2. The number of hydrogen-bond donors (Lipinski definition) is 1. The number of nitrogens with zero attached hydrogens (tertiary/aromatic N) is 1. The van der Waals surface area contributed by atoms with Crippen LogP contribution in [0.15, 0.2) is 46.7 Å². The molecule has 0 fully saturated rings. The molecule has 10 heteroatoms. The van der Waals surface area contributed by atoms with Crippen molar-refractivity contribution in [3.63, 3.8) is 0 Å². The van der Waals surface area contributed by atoms with Crippen LogP contribution < -0.4 is 5.32 Å². The number of imide groups is 1. The quantitative estimate of drug-likeness (QED) is 0.339. The van der Waals surface area contributed by atoms with Gasteiger partial charge in [0, 0.05) is 6.07 Å². The molecule has 0 unspecified atom stereocenters. The molecule has 1 aromatic carbocycles. The van der Waals surface area contributed by atoms with Crippen molar-refractivity contribution in [1.29, 1.82) is 0 Å². The molecular formula is C15H12N2O6S2. The molecule has 2 rings (SSSR count). The molecule has 0 saturated carbocycles. The Kier molecular flexibility index (Phi) is 6.66. The molecule has 0 bridgehead atoms. The normalized spacial score (nSPS) is 10.1. The van der Waals surface area contributed by atoms with E-state index in [1.165, 1.54) is 29.5 Å². The van der Waals surface area contributed by atoms with Crippen LogP contribution >= 0.6 is 23.1 Å². The summed E-state index contributed by atoms with van der Waals surface area (Å²) < 4.78 is 4.75. The standard InChI is InChI=1S/C15H12N2O6S2/c18-13(16-15(20)12-6-3-7-24-12)8-23-14(19)9-25-11-5-2-1-4-10(11)17(21)22/h1-7H,8-9H2,(H,16,18,20). The van der Waals surface area contributed by atoms with Gasteiger partial charge in [-0.1, -0.05) is 18.2 Å². The van der Waals surface area contributed by atoms with Crippen LogP contribution in [0.2, 0.25) is 0 Å². The first-order valence-electron chi connectivity index (χ1n) is 6.87. The second-order valence-corrected chi connectivity index (χ2v) is 6.49. The predicted octanol–water partition coefficient (Wildman–Crippen LogP) is 2.25. The average Bonchev–Trinajstić information content (AvgIpc) is 3.13. The minimum Gasteiger partial charge on any atom is -0.455 e. The molecule has 1 heterocycles. The molecule has 130 valence electrons. The van der Waals surface area contributed by atoms with E-state index in [1.54, 1.807) is 23.6 Å². The molecule has 1 aromatic heterocycles. The maximum atomic E-state index is 11.6. The van der Waals surface area contributed by atoms with Gasteiger partial charge < -0.3 is 4.74 Å². The largest absolute Gasteiger partial charge is 0.455 e. The first-order chi connectivity index (χ1) is 12.0. The van der Waals surface area contributed by atoms with Crippen LogP contribution in [0.1, 0.15) is 9.67 Å². The van der Waals surface area contributed by atoms with E-state index in [0.717, 1.165) is 11.8 Å². The number of benzene rings is 1. The molecule has 0 saturated heterocycles. The van der Waals surface area contributed by atoms with Crippen LogP contribution in [0.5, 0.6) is 0 Å². The molecule has 0 aliphatic heterocycles. The van der Waals surface area contributed by atoms with Gasteiger partial charge in [-0.2, -0.15) is 0 Å².